The molecule has 2 rings (SSSR count). The molecule has 2 aromatic rings. The first kappa shape index (κ1) is 7.79. The number of halogens is 1. The quantitative estimate of drug-likeness (QED) is 0.721. The molecule has 0 unspecified atom stereocenters. The predicted octanol–water partition coefficient (Wildman–Crippen LogP) is 1.72. The van der Waals surface area contributed by atoms with Gasteiger partial charge in [0.1, 0.15) is 5.82 Å². The van der Waals surface area contributed by atoms with Gasteiger partial charge in [0.05, 0.1) is 18.1 Å². The minimum absolute atomic E-state index is 0.0873. The molecule has 0 aliphatic carbocycles. The Labute approximate surface area is 74.1 Å². The summed E-state index contributed by atoms with van der Waals surface area (Å²) in [4.78, 5) is 0. The molecule has 0 amide bonds. The van der Waals surface area contributed by atoms with Crippen molar-refractivity contribution >= 4 is 0 Å². The third kappa shape index (κ3) is 1.51. The topological polar surface area (TPSA) is 38.1 Å². The largest absolute Gasteiger partial charge is 0.505 e. The molecule has 0 radical (unpaired) electrons. The Hall–Kier alpha value is -1.84. The van der Waals surface area contributed by atoms with Crippen LogP contribution >= 0.6 is 0 Å². The monoisotopic (exact) mass is 178 g/mol. The molecule has 0 aliphatic heterocycles. The van der Waals surface area contributed by atoms with Crippen LogP contribution in [0.5, 0.6) is 5.75 Å². The maximum Gasteiger partial charge on any atom is 0.153 e. The van der Waals surface area contributed by atoms with E-state index in [2.05, 4.69) is 5.10 Å². The second-order valence-corrected chi connectivity index (χ2v) is 2.62. The number of rotatable bonds is 1. The molecule has 1 heterocycles. The number of aromatic hydroxyl groups is 1. The van der Waals surface area contributed by atoms with E-state index in [-0.39, 0.29) is 11.6 Å². The van der Waals surface area contributed by atoms with Crippen molar-refractivity contribution in [1.29, 1.82) is 0 Å². The van der Waals surface area contributed by atoms with Gasteiger partial charge in [0.2, 0.25) is 0 Å². The fraction of sp³-hybridized carbons (Fsp3) is 0. The number of benzene rings is 1. The van der Waals surface area contributed by atoms with E-state index in [0.29, 0.717) is 5.69 Å². The summed E-state index contributed by atoms with van der Waals surface area (Å²) in [5.74, 6) is -0.204. The van der Waals surface area contributed by atoms with Crippen molar-refractivity contribution in [3.8, 4) is 11.4 Å². The van der Waals surface area contributed by atoms with Gasteiger partial charge in [-0.05, 0) is 24.3 Å². The van der Waals surface area contributed by atoms with E-state index < -0.39 is 0 Å². The molecule has 3 nitrogen and oxygen atoms in total. The molecule has 13 heavy (non-hydrogen) atoms. The lowest BCUT2D eigenvalue weighted by Gasteiger charge is -1.98. The Morgan fingerprint density at radius 1 is 1.23 bits per heavy atom. The zero-order valence-corrected chi connectivity index (χ0v) is 6.68. The molecule has 66 valence electrons. The molecule has 0 spiro atoms. The normalized spacial score (nSPS) is 10.2. The number of hydrogen-bond acceptors (Lipinski definition) is 2. The molecule has 1 aromatic heterocycles. The van der Waals surface area contributed by atoms with E-state index in [1.54, 1.807) is 12.1 Å². The Bertz CT molecular complexity index is 408. The van der Waals surface area contributed by atoms with Crippen LogP contribution in [0, 0.1) is 5.82 Å². The lowest BCUT2D eigenvalue weighted by Crippen LogP contribution is -1.93. The van der Waals surface area contributed by atoms with Crippen LogP contribution in [0.15, 0.2) is 36.7 Å². The Morgan fingerprint density at radius 2 is 1.92 bits per heavy atom. The van der Waals surface area contributed by atoms with Crippen molar-refractivity contribution < 1.29 is 9.50 Å². The summed E-state index contributed by atoms with van der Waals surface area (Å²) >= 11 is 0. The molecule has 0 fully saturated rings. The summed E-state index contributed by atoms with van der Waals surface area (Å²) in [7, 11) is 0. The van der Waals surface area contributed by atoms with Gasteiger partial charge in [-0.15, -0.1) is 0 Å². The van der Waals surface area contributed by atoms with Gasteiger partial charge in [-0.25, -0.2) is 9.07 Å². The summed E-state index contributed by atoms with van der Waals surface area (Å²) in [5, 5.41) is 12.9. The van der Waals surface area contributed by atoms with E-state index in [9.17, 15) is 4.39 Å². The molecule has 0 atom stereocenters. The van der Waals surface area contributed by atoms with Crippen molar-refractivity contribution in [2.45, 2.75) is 0 Å². The van der Waals surface area contributed by atoms with Crippen molar-refractivity contribution in [3.63, 3.8) is 0 Å². The Kier molecular flexibility index (Phi) is 1.73. The molecule has 0 aliphatic rings. The Morgan fingerprint density at radius 3 is 2.46 bits per heavy atom. The fourth-order valence-electron chi connectivity index (χ4n) is 1.05. The van der Waals surface area contributed by atoms with Crippen LogP contribution in [0.1, 0.15) is 0 Å². The highest BCUT2D eigenvalue weighted by Gasteiger charge is 1.98. The minimum atomic E-state index is -0.292. The minimum Gasteiger partial charge on any atom is -0.505 e. The lowest BCUT2D eigenvalue weighted by atomic mass is 10.3. The molecule has 0 saturated heterocycles. The van der Waals surface area contributed by atoms with Gasteiger partial charge >= 0.3 is 0 Å². The van der Waals surface area contributed by atoms with Gasteiger partial charge in [-0.3, -0.25) is 0 Å². The van der Waals surface area contributed by atoms with Gasteiger partial charge in [0.25, 0.3) is 0 Å². The van der Waals surface area contributed by atoms with E-state index in [4.69, 9.17) is 5.11 Å². The maximum absolute atomic E-state index is 12.5. The molecule has 4 heteroatoms. The lowest BCUT2D eigenvalue weighted by molar-refractivity contribution is 0.475. The second-order valence-electron chi connectivity index (χ2n) is 2.62. The third-order valence-electron chi connectivity index (χ3n) is 1.66. The summed E-state index contributed by atoms with van der Waals surface area (Å²) in [6.07, 6.45) is 2.77. The molecular formula is C9H7FN2O. The first-order chi connectivity index (χ1) is 6.25. The highest BCUT2D eigenvalue weighted by Crippen LogP contribution is 2.11. The van der Waals surface area contributed by atoms with Gasteiger partial charge in [-0.1, -0.05) is 0 Å². The van der Waals surface area contributed by atoms with Gasteiger partial charge in [0, 0.05) is 0 Å². The van der Waals surface area contributed by atoms with Gasteiger partial charge in [0.15, 0.2) is 5.75 Å². The van der Waals surface area contributed by atoms with E-state index in [1.807, 2.05) is 0 Å². The zero-order chi connectivity index (χ0) is 9.26. The van der Waals surface area contributed by atoms with Crippen LogP contribution in [0.25, 0.3) is 5.69 Å². The number of aromatic nitrogens is 2. The highest BCUT2D eigenvalue weighted by atomic mass is 19.1. The van der Waals surface area contributed by atoms with Crippen molar-refractivity contribution in [3.05, 3.63) is 42.5 Å². The van der Waals surface area contributed by atoms with Crippen LogP contribution in [-0.2, 0) is 0 Å². The summed E-state index contributed by atoms with van der Waals surface area (Å²) in [6.45, 7) is 0. The average Bonchev–Trinajstić information content (AvgIpc) is 2.53. The SMILES string of the molecule is Oc1cnn(-c2ccc(F)cc2)c1. The van der Waals surface area contributed by atoms with Crippen LogP contribution in [-0.4, -0.2) is 14.9 Å². The maximum atomic E-state index is 12.5. The van der Waals surface area contributed by atoms with Crippen LogP contribution in [0.4, 0.5) is 4.39 Å². The van der Waals surface area contributed by atoms with Crippen molar-refractivity contribution in [2.24, 2.45) is 0 Å². The smallest absolute Gasteiger partial charge is 0.153 e. The number of hydrogen-bond donors (Lipinski definition) is 1. The zero-order valence-electron chi connectivity index (χ0n) is 6.68. The Balaban J connectivity index is 2.41. The van der Waals surface area contributed by atoms with Crippen LogP contribution in [0.2, 0.25) is 0 Å². The molecule has 0 bridgehead atoms. The molecular weight excluding hydrogens is 171 g/mol. The average molecular weight is 178 g/mol. The van der Waals surface area contributed by atoms with E-state index >= 15 is 0 Å². The van der Waals surface area contributed by atoms with Crippen molar-refractivity contribution in [2.75, 3.05) is 0 Å². The van der Waals surface area contributed by atoms with E-state index in [0.717, 1.165) is 0 Å². The summed E-state index contributed by atoms with van der Waals surface area (Å²) < 4.78 is 14.0. The summed E-state index contributed by atoms with van der Waals surface area (Å²) in [5.41, 5.74) is 0.710. The van der Waals surface area contributed by atoms with Crippen LogP contribution < -0.4 is 0 Å². The van der Waals surface area contributed by atoms with Gasteiger partial charge < -0.3 is 5.11 Å². The van der Waals surface area contributed by atoms with Crippen LogP contribution in [0.3, 0.4) is 0 Å². The van der Waals surface area contributed by atoms with Crippen molar-refractivity contribution in [1.82, 2.24) is 9.78 Å². The highest BCUT2D eigenvalue weighted by molar-refractivity contribution is 5.32. The molecule has 1 N–H and O–H groups in total. The van der Waals surface area contributed by atoms with E-state index in [1.165, 1.54) is 29.2 Å². The standard InChI is InChI=1S/C9H7FN2O/c10-7-1-3-8(4-2-7)12-6-9(13)5-11-12/h1-6,13H. The second kappa shape index (κ2) is 2.90. The summed E-state index contributed by atoms with van der Waals surface area (Å²) in [6, 6.07) is 5.85. The first-order valence-electron chi connectivity index (χ1n) is 3.75. The third-order valence-corrected chi connectivity index (χ3v) is 1.66. The fourth-order valence-corrected chi connectivity index (χ4v) is 1.05. The molecule has 1 aromatic carbocycles. The predicted molar refractivity (Wildman–Crippen MR) is 45.2 cm³/mol. The molecule has 0 saturated carbocycles. The van der Waals surface area contributed by atoms with Gasteiger partial charge in [-0.2, -0.15) is 5.10 Å². The first-order valence-corrected chi connectivity index (χ1v) is 3.75. The number of nitrogens with zero attached hydrogens (tertiary/aromatic N) is 2.